The molecule has 0 bridgehead atoms. The molecule has 3 rings (SSSR count). The van der Waals surface area contributed by atoms with Crippen LogP contribution in [0.15, 0.2) is 30.3 Å². The van der Waals surface area contributed by atoms with Gasteiger partial charge in [-0.2, -0.15) is 0 Å². The summed E-state index contributed by atoms with van der Waals surface area (Å²) < 4.78 is 16.4. The van der Waals surface area contributed by atoms with Crippen LogP contribution in [0.25, 0.3) is 0 Å². The van der Waals surface area contributed by atoms with Crippen LogP contribution in [0.2, 0.25) is 0 Å². The highest BCUT2D eigenvalue weighted by atomic mass is 16.5. The minimum Gasteiger partial charge on any atom is -0.495 e. The van der Waals surface area contributed by atoms with Gasteiger partial charge in [-0.25, -0.2) is 4.79 Å². The smallest absolute Gasteiger partial charge is 0.333 e. The molecule has 0 saturated heterocycles. The van der Waals surface area contributed by atoms with E-state index in [1.807, 2.05) is 58.0 Å². The normalized spacial score (nSPS) is 15.7. The van der Waals surface area contributed by atoms with Crippen LogP contribution < -0.4 is 9.47 Å². The molecule has 0 unspecified atom stereocenters. The fourth-order valence-electron chi connectivity index (χ4n) is 3.92. The number of carbonyl (C=O) groups is 2. The van der Waals surface area contributed by atoms with E-state index < -0.39 is 12.0 Å². The van der Waals surface area contributed by atoms with Crippen molar-refractivity contribution in [1.82, 2.24) is 9.88 Å². The largest absolute Gasteiger partial charge is 0.495 e. The van der Waals surface area contributed by atoms with Crippen molar-refractivity contribution in [3.8, 4) is 11.5 Å². The Morgan fingerprint density at radius 1 is 1.16 bits per heavy atom. The molecule has 2 heterocycles. The van der Waals surface area contributed by atoms with Gasteiger partial charge in [-0.15, -0.1) is 0 Å². The van der Waals surface area contributed by atoms with Gasteiger partial charge in [0.2, 0.25) is 5.91 Å². The number of hydrogen-bond acceptors (Lipinski definition) is 6. The molecule has 172 valence electrons. The number of rotatable bonds is 6. The van der Waals surface area contributed by atoms with Crippen molar-refractivity contribution in [2.24, 2.45) is 5.41 Å². The number of benzene rings is 1. The maximum Gasteiger partial charge on any atom is 0.333 e. The quantitative estimate of drug-likeness (QED) is 0.632. The summed E-state index contributed by atoms with van der Waals surface area (Å²) >= 11 is 0. The second-order valence-corrected chi connectivity index (χ2v) is 9.25. The van der Waals surface area contributed by atoms with E-state index in [2.05, 4.69) is 4.98 Å². The highest BCUT2D eigenvalue weighted by Gasteiger charge is 2.37. The van der Waals surface area contributed by atoms with E-state index in [-0.39, 0.29) is 17.9 Å². The highest BCUT2D eigenvalue weighted by Crippen LogP contribution is 2.35. The van der Waals surface area contributed by atoms with Gasteiger partial charge < -0.3 is 19.1 Å². The average Bonchev–Trinajstić information content (AvgIpc) is 2.75. The van der Waals surface area contributed by atoms with Crippen molar-refractivity contribution >= 4 is 11.9 Å². The van der Waals surface area contributed by atoms with Crippen molar-refractivity contribution in [3.63, 3.8) is 0 Å². The van der Waals surface area contributed by atoms with Crippen LogP contribution in [0.3, 0.4) is 0 Å². The Morgan fingerprint density at radius 2 is 1.91 bits per heavy atom. The fraction of sp³-hybridized carbons (Fsp3) is 0.480. The van der Waals surface area contributed by atoms with Gasteiger partial charge in [0.15, 0.2) is 6.04 Å². The van der Waals surface area contributed by atoms with Crippen LogP contribution in [0, 0.1) is 12.3 Å². The number of fused-ring (bicyclic) bond motifs is 1. The molecule has 0 spiro atoms. The molecular weight excluding hydrogens is 408 g/mol. The molecular formula is C25H32N2O5. The first-order valence-corrected chi connectivity index (χ1v) is 10.8. The molecule has 1 aromatic heterocycles. The lowest BCUT2D eigenvalue weighted by atomic mass is 9.88. The van der Waals surface area contributed by atoms with Gasteiger partial charge in [-0.1, -0.05) is 26.8 Å². The van der Waals surface area contributed by atoms with Gasteiger partial charge >= 0.3 is 5.97 Å². The minimum atomic E-state index is -0.744. The molecule has 0 saturated carbocycles. The van der Waals surface area contributed by atoms with Crippen LogP contribution in [0.1, 0.15) is 55.7 Å². The van der Waals surface area contributed by atoms with Crippen molar-refractivity contribution in [2.75, 3.05) is 20.8 Å². The number of ether oxygens (including phenoxy) is 3. The number of hydrogen-bond donors (Lipinski definition) is 0. The first kappa shape index (κ1) is 23.6. The standard InChI is InChI=1S/C25H32N2O5/c1-16-7-10-21(30-5)20(26-16)15-32-18-8-9-19-17(13-18)11-12-27(23(19)24(29)31-6)22(28)14-25(2,3)4/h7-10,13,23H,11-12,14-15H2,1-6H3/t23-/m1/s1. The summed E-state index contributed by atoms with van der Waals surface area (Å²) in [6, 6.07) is 8.61. The number of amides is 1. The summed E-state index contributed by atoms with van der Waals surface area (Å²) in [4.78, 5) is 31.7. The summed E-state index contributed by atoms with van der Waals surface area (Å²) in [6.45, 7) is 8.67. The van der Waals surface area contributed by atoms with Crippen LogP contribution in [0.4, 0.5) is 0 Å². The van der Waals surface area contributed by atoms with Crippen molar-refractivity contribution in [1.29, 1.82) is 0 Å². The molecule has 32 heavy (non-hydrogen) atoms. The zero-order chi connectivity index (χ0) is 23.5. The average molecular weight is 441 g/mol. The molecule has 1 atom stereocenters. The summed E-state index contributed by atoms with van der Waals surface area (Å²) in [7, 11) is 2.96. The molecule has 2 aromatic rings. The van der Waals surface area contributed by atoms with Gasteiger partial charge in [0.1, 0.15) is 23.8 Å². The Kier molecular flexibility index (Phi) is 7.06. The van der Waals surface area contributed by atoms with Gasteiger partial charge in [0.25, 0.3) is 0 Å². The molecule has 1 aromatic carbocycles. The lowest BCUT2D eigenvalue weighted by molar-refractivity contribution is -0.154. The van der Waals surface area contributed by atoms with Gasteiger partial charge in [-0.05, 0) is 54.2 Å². The molecule has 1 aliphatic heterocycles. The van der Waals surface area contributed by atoms with E-state index in [0.717, 1.165) is 22.5 Å². The lowest BCUT2D eigenvalue weighted by Gasteiger charge is -2.37. The number of nitrogens with zero attached hydrogens (tertiary/aromatic N) is 2. The van der Waals surface area contributed by atoms with Crippen LogP contribution in [-0.4, -0.2) is 42.5 Å². The number of methoxy groups -OCH3 is 2. The third kappa shape index (κ3) is 5.39. The molecule has 1 aliphatic rings. The second kappa shape index (κ2) is 9.59. The van der Waals surface area contributed by atoms with E-state index in [4.69, 9.17) is 14.2 Å². The second-order valence-electron chi connectivity index (χ2n) is 9.25. The Hall–Kier alpha value is -3.09. The molecule has 0 fully saturated rings. The van der Waals surface area contributed by atoms with E-state index >= 15 is 0 Å². The Bertz CT molecular complexity index is 996. The zero-order valence-corrected chi connectivity index (χ0v) is 19.7. The third-order valence-corrected chi connectivity index (χ3v) is 5.44. The van der Waals surface area contributed by atoms with Crippen molar-refractivity contribution in [3.05, 3.63) is 52.8 Å². The molecule has 0 aliphatic carbocycles. The van der Waals surface area contributed by atoms with E-state index in [1.165, 1.54) is 7.11 Å². The predicted octanol–water partition coefficient (Wildman–Crippen LogP) is 4.01. The Balaban J connectivity index is 1.83. The molecule has 0 radical (unpaired) electrons. The first-order valence-electron chi connectivity index (χ1n) is 10.8. The number of carbonyl (C=O) groups excluding carboxylic acids is 2. The highest BCUT2D eigenvalue weighted by molar-refractivity contribution is 5.86. The zero-order valence-electron chi connectivity index (χ0n) is 19.7. The number of aryl methyl sites for hydroxylation is 1. The first-order chi connectivity index (χ1) is 15.1. The van der Waals surface area contributed by atoms with E-state index in [9.17, 15) is 9.59 Å². The lowest BCUT2D eigenvalue weighted by Crippen LogP contribution is -2.45. The Labute approximate surface area is 189 Å². The maximum atomic E-state index is 12.9. The van der Waals surface area contributed by atoms with E-state index in [1.54, 1.807) is 12.0 Å². The number of pyridine rings is 1. The SMILES string of the molecule is COC(=O)[C@H]1c2ccc(OCc3nc(C)ccc3OC)cc2CCN1C(=O)CC(C)(C)C. The number of aromatic nitrogens is 1. The molecule has 0 N–H and O–H groups in total. The minimum absolute atomic E-state index is 0.0449. The maximum absolute atomic E-state index is 12.9. The molecule has 7 heteroatoms. The Morgan fingerprint density at radius 3 is 2.56 bits per heavy atom. The third-order valence-electron chi connectivity index (χ3n) is 5.44. The monoisotopic (exact) mass is 440 g/mol. The summed E-state index contributed by atoms with van der Waals surface area (Å²) in [5.74, 6) is 0.867. The number of esters is 1. The molecule has 7 nitrogen and oxygen atoms in total. The summed E-state index contributed by atoms with van der Waals surface area (Å²) in [6.07, 6.45) is 1.00. The van der Waals surface area contributed by atoms with Gasteiger partial charge in [-0.3, -0.25) is 9.78 Å². The van der Waals surface area contributed by atoms with Crippen molar-refractivity contribution in [2.45, 2.75) is 53.2 Å². The van der Waals surface area contributed by atoms with Crippen LogP contribution in [0.5, 0.6) is 11.5 Å². The predicted molar refractivity (Wildman–Crippen MR) is 121 cm³/mol. The topological polar surface area (TPSA) is 78.0 Å². The fourth-order valence-corrected chi connectivity index (χ4v) is 3.92. The van der Waals surface area contributed by atoms with Gasteiger partial charge in [0, 0.05) is 18.7 Å². The van der Waals surface area contributed by atoms with Crippen LogP contribution >= 0.6 is 0 Å². The summed E-state index contributed by atoms with van der Waals surface area (Å²) in [5, 5.41) is 0. The van der Waals surface area contributed by atoms with Gasteiger partial charge in [0.05, 0.1) is 14.2 Å². The summed E-state index contributed by atoms with van der Waals surface area (Å²) in [5.41, 5.74) is 3.19. The van der Waals surface area contributed by atoms with Crippen molar-refractivity contribution < 1.29 is 23.8 Å². The van der Waals surface area contributed by atoms with E-state index in [0.29, 0.717) is 30.9 Å². The van der Waals surface area contributed by atoms with Crippen LogP contribution in [-0.2, 0) is 27.4 Å². The molecule has 1 amide bonds.